The lowest BCUT2D eigenvalue weighted by molar-refractivity contribution is -0.127. The topological polar surface area (TPSA) is 47.4 Å². The molecule has 1 aromatic heterocycles. The number of unbranched alkanes of at least 4 members (excludes halogenated alkanes) is 1. The Kier molecular flexibility index (Phi) is 6.59. The number of para-hydroxylation sites is 2. The van der Waals surface area contributed by atoms with Gasteiger partial charge in [0.15, 0.2) is 0 Å². The van der Waals surface area contributed by atoms with Crippen molar-refractivity contribution in [3.63, 3.8) is 0 Å². The molecule has 0 spiro atoms. The molecular formula is C26H33N3O2. The van der Waals surface area contributed by atoms with Crippen LogP contribution in [0.3, 0.4) is 0 Å². The number of rotatable bonds is 9. The molecule has 0 bridgehead atoms. The van der Waals surface area contributed by atoms with E-state index in [1.807, 2.05) is 17.0 Å². The molecule has 1 amide bonds. The van der Waals surface area contributed by atoms with Gasteiger partial charge in [0.2, 0.25) is 5.91 Å². The van der Waals surface area contributed by atoms with Crippen molar-refractivity contribution < 1.29 is 9.53 Å². The molecule has 4 rings (SSSR count). The quantitative estimate of drug-likeness (QED) is 0.446. The largest absolute Gasteiger partial charge is 0.494 e. The fourth-order valence-electron chi connectivity index (χ4n) is 4.37. The Labute approximate surface area is 185 Å². The number of hydrogen-bond donors (Lipinski definition) is 0. The predicted octanol–water partition coefficient (Wildman–Crippen LogP) is 5.24. The number of fused-ring (bicyclic) bond motifs is 1. The first-order valence-corrected chi connectivity index (χ1v) is 11.5. The van der Waals surface area contributed by atoms with E-state index in [4.69, 9.17) is 9.72 Å². The van der Waals surface area contributed by atoms with E-state index in [-0.39, 0.29) is 11.8 Å². The molecule has 0 unspecified atom stereocenters. The van der Waals surface area contributed by atoms with Crippen molar-refractivity contribution >= 4 is 16.9 Å². The Morgan fingerprint density at radius 3 is 2.71 bits per heavy atom. The Hall–Kier alpha value is -2.82. The van der Waals surface area contributed by atoms with E-state index in [1.165, 1.54) is 11.1 Å². The van der Waals surface area contributed by atoms with Crippen molar-refractivity contribution in [2.45, 2.75) is 58.9 Å². The van der Waals surface area contributed by atoms with Crippen LogP contribution in [0, 0.1) is 13.8 Å². The summed E-state index contributed by atoms with van der Waals surface area (Å²) in [5, 5.41) is 0. The zero-order valence-electron chi connectivity index (χ0n) is 18.9. The third-order valence-electron chi connectivity index (χ3n) is 6.32. The normalized spacial score (nSPS) is 16.4. The number of hydrogen-bond acceptors (Lipinski definition) is 3. The maximum atomic E-state index is 12.5. The highest BCUT2D eigenvalue weighted by molar-refractivity contribution is 5.80. The number of benzene rings is 2. The first-order chi connectivity index (χ1) is 15.1. The van der Waals surface area contributed by atoms with Gasteiger partial charge in [0.1, 0.15) is 11.6 Å². The molecule has 0 N–H and O–H groups in total. The first-order valence-electron chi connectivity index (χ1n) is 11.5. The van der Waals surface area contributed by atoms with Gasteiger partial charge >= 0.3 is 0 Å². The molecule has 0 saturated carbocycles. The van der Waals surface area contributed by atoms with Gasteiger partial charge in [0.25, 0.3) is 0 Å². The number of imidazole rings is 1. The first kappa shape index (κ1) is 21.4. The summed E-state index contributed by atoms with van der Waals surface area (Å²) in [6.45, 7) is 9.51. The molecule has 2 heterocycles. The number of aromatic nitrogens is 2. The van der Waals surface area contributed by atoms with Gasteiger partial charge in [0.05, 0.1) is 17.6 Å². The Morgan fingerprint density at radius 2 is 1.90 bits per heavy atom. The van der Waals surface area contributed by atoms with Crippen molar-refractivity contribution in [1.29, 1.82) is 0 Å². The summed E-state index contributed by atoms with van der Waals surface area (Å²) in [4.78, 5) is 19.5. The molecule has 2 aromatic carbocycles. The minimum absolute atomic E-state index is 0.164. The predicted molar refractivity (Wildman–Crippen MR) is 125 cm³/mol. The highest BCUT2D eigenvalue weighted by Gasteiger charge is 2.33. The second-order valence-corrected chi connectivity index (χ2v) is 8.65. The molecule has 1 atom stereocenters. The van der Waals surface area contributed by atoms with E-state index in [0.29, 0.717) is 13.0 Å². The van der Waals surface area contributed by atoms with Gasteiger partial charge in [-0.1, -0.05) is 31.5 Å². The Bertz CT molecular complexity index is 1060. The van der Waals surface area contributed by atoms with Gasteiger partial charge < -0.3 is 14.2 Å². The van der Waals surface area contributed by atoms with E-state index in [9.17, 15) is 4.79 Å². The van der Waals surface area contributed by atoms with Crippen molar-refractivity contribution in [3.8, 4) is 5.75 Å². The molecule has 1 aliphatic rings. The molecule has 0 radical (unpaired) electrons. The molecule has 1 fully saturated rings. The van der Waals surface area contributed by atoms with Crippen molar-refractivity contribution in [2.75, 3.05) is 19.7 Å². The van der Waals surface area contributed by atoms with E-state index >= 15 is 0 Å². The average Bonchev–Trinajstić information content (AvgIpc) is 3.32. The Morgan fingerprint density at radius 1 is 1.06 bits per heavy atom. The molecule has 3 aromatic rings. The minimum atomic E-state index is 0.164. The summed E-state index contributed by atoms with van der Waals surface area (Å²) >= 11 is 0. The lowest BCUT2D eigenvalue weighted by atomic mass is 10.1. The molecule has 31 heavy (non-hydrogen) atoms. The lowest BCUT2D eigenvalue weighted by Gasteiger charge is -2.17. The second kappa shape index (κ2) is 9.54. The van der Waals surface area contributed by atoms with Gasteiger partial charge in [-0.25, -0.2) is 4.98 Å². The summed E-state index contributed by atoms with van der Waals surface area (Å²) in [6, 6.07) is 14.5. The van der Waals surface area contributed by atoms with Crippen LogP contribution in [-0.2, 0) is 11.3 Å². The van der Waals surface area contributed by atoms with E-state index in [0.717, 1.165) is 61.5 Å². The monoisotopic (exact) mass is 419 g/mol. The molecule has 1 aliphatic heterocycles. The molecule has 164 valence electrons. The molecule has 5 nitrogen and oxygen atoms in total. The van der Waals surface area contributed by atoms with Crippen LogP contribution < -0.4 is 4.74 Å². The van der Waals surface area contributed by atoms with Crippen molar-refractivity contribution in [1.82, 2.24) is 14.5 Å². The van der Waals surface area contributed by atoms with Gasteiger partial charge in [-0.3, -0.25) is 4.79 Å². The zero-order valence-corrected chi connectivity index (χ0v) is 18.9. The zero-order chi connectivity index (χ0) is 21.8. The van der Waals surface area contributed by atoms with Crippen LogP contribution in [0.4, 0.5) is 0 Å². The summed E-state index contributed by atoms with van der Waals surface area (Å²) in [5.41, 5.74) is 4.68. The average molecular weight is 420 g/mol. The van der Waals surface area contributed by atoms with Crippen LogP contribution in [0.15, 0.2) is 42.5 Å². The van der Waals surface area contributed by atoms with Gasteiger partial charge in [-0.05, 0) is 62.1 Å². The van der Waals surface area contributed by atoms with Crippen LogP contribution >= 0.6 is 0 Å². The number of carbonyl (C=O) groups excluding carboxylic acids is 1. The van der Waals surface area contributed by atoms with Crippen LogP contribution in [0.1, 0.15) is 55.5 Å². The molecule has 5 heteroatoms. The van der Waals surface area contributed by atoms with Crippen molar-refractivity contribution in [3.05, 3.63) is 59.4 Å². The number of amides is 1. The summed E-state index contributed by atoms with van der Waals surface area (Å²) in [7, 11) is 0. The molecule has 1 saturated heterocycles. The van der Waals surface area contributed by atoms with E-state index < -0.39 is 0 Å². The minimum Gasteiger partial charge on any atom is -0.494 e. The fraction of sp³-hybridized carbons (Fsp3) is 0.462. The number of likely N-dealkylation sites (tertiary alicyclic amines) is 1. The maximum absolute atomic E-state index is 12.5. The second-order valence-electron chi connectivity index (χ2n) is 8.65. The fourth-order valence-corrected chi connectivity index (χ4v) is 4.37. The number of nitrogens with zero attached hydrogens (tertiary/aromatic N) is 3. The standard InChI is InChI=1S/C26H33N3O2/c1-4-5-13-28-18-21(17-25(28)30)26-27-23-9-6-7-10-24(23)29(26)14-8-15-31-22-12-11-19(2)20(3)16-22/h6-7,9-12,16,21H,4-5,8,13-15,17-18H2,1-3H3/t21-/m1/s1. The highest BCUT2D eigenvalue weighted by atomic mass is 16.5. The van der Waals surface area contributed by atoms with Gasteiger partial charge in [-0.2, -0.15) is 0 Å². The maximum Gasteiger partial charge on any atom is 0.223 e. The molecule has 0 aliphatic carbocycles. The highest BCUT2D eigenvalue weighted by Crippen LogP contribution is 2.31. The van der Waals surface area contributed by atoms with E-state index in [1.54, 1.807) is 0 Å². The van der Waals surface area contributed by atoms with Crippen LogP contribution in [0.5, 0.6) is 5.75 Å². The van der Waals surface area contributed by atoms with Crippen LogP contribution in [-0.4, -0.2) is 40.1 Å². The summed E-state index contributed by atoms with van der Waals surface area (Å²) < 4.78 is 8.31. The van der Waals surface area contributed by atoms with E-state index in [2.05, 4.69) is 55.7 Å². The number of aryl methyl sites for hydroxylation is 3. The van der Waals surface area contributed by atoms with Gasteiger partial charge in [0, 0.05) is 32.0 Å². The van der Waals surface area contributed by atoms with Gasteiger partial charge in [-0.15, -0.1) is 0 Å². The summed E-state index contributed by atoms with van der Waals surface area (Å²) in [5.74, 6) is 2.39. The van der Waals surface area contributed by atoms with Crippen LogP contribution in [0.25, 0.3) is 11.0 Å². The third kappa shape index (κ3) is 4.76. The van der Waals surface area contributed by atoms with Crippen molar-refractivity contribution in [2.24, 2.45) is 0 Å². The smallest absolute Gasteiger partial charge is 0.223 e. The lowest BCUT2D eigenvalue weighted by Crippen LogP contribution is -2.26. The SMILES string of the molecule is CCCCN1C[C@H](c2nc3ccccc3n2CCCOc2ccc(C)c(C)c2)CC1=O. The third-order valence-corrected chi connectivity index (χ3v) is 6.32. The number of ether oxygens (including phenoxy) is 1. The van der Waals surface area contributed by atoms with Crippen LogP contribution in [0.2, 0.25) is 0 Å². The summed E-state index contributed by atoms with van der Waals surface area (Å²) in [6.07, 6.45) is 3.62. The Balaban J connectivity index is 1.46. The number of carbonyl (C=O) groups is 1. The molecular weight excluding hydrogens is 386 g/mol.